The van der Waals surface area contributed by atoms with Crippen molar-refractivity contribution >= 4 is 11.9 Å². The maximum atomic E-state index is 11.9. The van der Waals surface area contributed by atoms with E-state index >= 15 is 0 Å². The molecule has 0 aromatic carbocycles. The predicted octanol–water partition coefficient (Wildman–Crippen LogP) is -0.0565. The summed E-state index contributed by atoms with van der Waals surface area (Å²) < 4.78 is 0. The predicted molar refractivity (Wildman–Crippen MR) is 72.9 cm³/mol. The van der Waals surface area contributed by atoms with E-state index in [0.29, 0.717) is 18.4 Å². The van der Waals surface area contributed by atoms with Crippen molar-refractivity contribution in [3.63, 3.8) is 0 Å². The van der Waals surface area contributed by atoms with Crippen LogP contribution in [0.5, 0.6) is 0 Å². The summed E-state index contributed by atoms with van der Waals surface area (Å²) in [7, 11) is 0. The molecule has 0 radical (unpaired) electrons. The van der Waals surface area contributed by atoms with E-state index in [2.05, 4.69) is 16.0 Å². The van der Waals surface area contributed by atoms with E-state index in [9.17, 15) is 9.59 Å². The Labute approximate surface area is 114 Å². The maximum absolute atomic E-state index is 11.9. The Morgan fingerprint density at radius 2 is 2.16 bits per heavy atom. The van der Waals surface area contributed by atoms with Gasteiger partial charge in [0.05, 0.1) is 6.04 Å². The lowest BCUT2D eigenvalue weighted by Crippen LogP contribution is -2.49. The molecular formula is C13H25N3O3. The van der Waals surface area contributed by atoms with Crippen molar-refractivity contribution in [1.82, 2.24) is 16.0 Å². The van der Waals surface area contributed by atoms with E-state index in [1.807, 2.05) is 13.8 Å². The van der Waals surface area contributed by atoms with Gasteiger partial charge in [0, 0.05) is 12.6 Å². The van der Waals surface area contributed by atoms with Gasteiger partial charge in [-0.15, -0.1) is 0 Å². The molecule has 1 aliphatic heterocycles. The van der Waals surface area contributed by atoms with Crippen LogP contribution in [0.25, 0.3) is 0 Å². The van der Waals surface area contributed by atoms with E-state index < -0.39 is 5.97 Å². The average molecular weight is 271 g/mol. The molecule has 0 aromatic rings. The number of hydrogen-bond acceptors (Lipinski definition) is 4. The van der Waals surface area contributed by atoms with Crippen molar-refractivity contribution in [1.29, 1.82) is 0 Å². The van der Waals surface area contributed by atoms with Gasteiger partial charge in [0.2, 0.25) is 5.91 Å². The van der Waals surface area contributed by atoms with Crippen molar-refractivity contribution in [2.45, 2.75) is 45.2 Å². The van der Waals surface area contributed by atoms with Gasteiger partial charge in [0.1, 0.15) is 6.54 Å². The third-order valence-electron chi connectivity index (χ3n) is 3.21. The van der Waals surface area contributed by atoms with Crippen molar-refractivity contribution in [2.75, 3.05) is 19.6 Å². The van der Waals surface area contributed by atoms with Crippen LogP contribution in [0.4, 0.5) is 0 Å². The highest BCUT2D eigenvalue weighted by molar-refractivity contribution is 5.85. The van der Waals surface area contributed by atoms with E-state index in [1.165, 1.54) is 6.42 Å². The van der Waals surface area contributed by atoms with Gasteiger partial charge < -0.3 is 21.1 Å². The number of carbonyl (C=O) groups is 2. The van der Waals surface area contributed by atoms with Gasteiger partial charge in [-0.25, -0.2) is 0 Å². The van der Waals surface area contributed by atoms with Crippen molar-refractivity contribution < 1.29 is 14.7 Å². The largest absolute Gasteiger partial charge is 0.480 e. The quantitative estimate of drug-likeness (QED) is 0.497. The molecule has 1 amide bonds. The number of carboxylic acids is 1. The Kier molecular flexibility index (Phi) is 6.80. The molecular weight excluding hydrogens is 246 g/mol. The number of carboxylic acid groups (broad SMARTS) is 1. The number of carbonyl (C=O) groups excluding carboxylic acids is 1. The Balaban J connectivity index is 2.40. The lowest BCUT2D eigenvalue weighted by Gasteiger charge is -2.21. The van der Waals surface area contributed by atoms with Crippen molar-refractivity contribution in [3.8, 4) is 0 Å². The molecule has 0 bridgehead atoms. The molecule has 0 saturated carbocycles. The first-order valence-corrected chi connectivity index (χ1v) is 6.95. The van der Waals surface area contributed by atoms with Crippen LogP contribution in [0, 0.1) is 5.92 Å². The van der Waals surface area contributed by atoms with Gasteiger partial charge in [-0.2, -0.15) is 0 Å². The van der Waals surface area contributed by atoms with Gasteiger partial charge in [0.25, 0.3) is 0 Å². The highest BCUT2D eigenvalue weighted by atomic mass is 16.4. The minimum atomic E-state index is -1.02. The normalized spacial score (nSPS) is 20.5. The summed E-state index contributed by atoms with van der Waals surface area (Å²) in [6.07, 6.45) is 3.00. The zero-order valence-corrected chi connectivity index (χ0v) is 11.7. The molecule has 1 heterocycles. The zero-order chi connectivity index (χ0) is 14.3. The summed E-state index contributed by atoms with van der Waals surface area (Å²) in [5.41, 5.74) is 0. The van der Waals surface area contributed by atoms with Crippen LogP contribution in [0.2, 0.25) is 0 Å². The summed E-state index contributed by atoms with van der Waals surface area (Å²) >= 11 is 0. The van der Waals surface area contributed by atoms with Gasteiger partial charge >= 0.3 is 5.97 Å². The van der Waals surface area contributed by atoms with Crippen LogP contribution in [0.3, 0.4) is 0 Å². The highest BCUT2D eigenvalue weighted by Gasteiger charge is 2.22. The zero-order valence-electron chi connectivity index (χ0n) is 11.7. The van der Waals surface area contributed by atoms with E-state index in [4.69, 9.17) is 5.11 Å². The fourth-order valence-corrected chi connectivity index (χ4v) is 2.26. The van der Waals surface area contributed by atoms with Gasteiger partial charge in [-0.05, 0) is 31.7 Å². The topological polar surface area (TPSA) is 90.5 Å². The number of rotatable bonds is 8. The first-order valence-electron chi connectivity index (χ1n) is 6.95. The van der Waals surface area contributed by atoms with Gasteiger partial charge in [0.15, 0.2) is 0 Å². The monoisotopic (exact) mass is 271 g/mol. The van der Waals surface area contributed by atoms with E-state index in [-0.39, 0.29) is 18.5 Å². The van der Waals surface area contributed by atoms with Crippen LogP contribution in [0.1, 0.15) is 33.1 Å². The molecule has 110 valence electrons. The second-order valence-corrected chi connectivity index (χ2v) is 5.50. The third kappa shape index (κ3) is 6.54. The van der Waals surface area contributed by atoms with Gasteiger partial charge in [-0.1, -0.05) is 13.8 Å². The molecule has 1 saturated heterocycles. The molecule has 6 heteroatoms. The van der Waals surface area contributed by atoms with Gasteiger partial charge in [-0.3, -0.25) is 9.59 Å². The molecule has 1 fully saturated rings. The molecule has 1 aliphatic rings. The standard InChI is InChI=1S/C13H25N3O3/c1-9(2)6-11(13(19)16-8-12(17)18)15-7-10-4-3-5-14-10/h9-11,14-15H,3-8H2,1-2H3,(H,16,19)(H,17,18)/t10-,11-/m1/s1. The smallest absolute Gasteiger partial charge is 0.322 e. The van der Waals surface area contributed by atoms with Crippen molar-refractivity contribution in [2.24, 2.45) is 5.92 Å². The molecule has 1 rings (SSSR count). The van der Waals surface area contributed by atoms with E-state index in [1.54, 1.807) is 0 Å². The summed E-state index contributed by atoms with van der Waals surface area (Å²) in [5.74, 6) is -0.868. The minimum absolute atomic E-state index is 0.228. The summed E-state index contributed by atoms with van der Waals surface area (Å²) in [5, 5.41) is 17.6. The Hall–Kier alpha value is -1.14. The second kappa shape index (κ2) is 8.12. The molecule has 0 unspecified atom stereocenters. The number of nitrogens with one attached hydrogen (secondary N) is 3. The molecule has 6 nitrogen and oxygen atoms in total. The highest BCUT2D eigenvalue weighted by Crippen LogP contribution is 2.07. The molecule has 4 N–H and O–H groups in total. The van der Waals surface area contributed by atoms with Crippen LogP contribution in [-0.4, -0.2) is 48.7 Å². The van der Waals surface area contributed by atoms with Crippen LogP contribution < -0.4 is 16.0 Å². The lowest BCUT2D eigenvalue weighted by molar-refractivity contribution is -0.138. The molecule has 19 heavy (non-hydrogen) atoms. The third-order valence-corrected chi connectivity index (χ3v) is 3.21. The molecule has 0 spiro atoms. The fraction of sp³-hybridized carbons (Fsp3) is 0.846. The van der Waals surface area contributed by atoms with Crippen LogP contribution in [0.15, 0.2) is 0 Å². The fourth-order valence-electron chi connectivity index (χ4n) is 2.26. The Morgan fingerprint density at radius 1 is 1.42 bits per heavy atom. The number of aliphatic carboxylic acids is 1. The van der Waals surface area contributed by atoms with Crippen LogP contribution >= 0.6 is 0 Å². The van der Waals surface area contributed by atoms with E-state index in [0.717, 1.165) is 19.5 Å². The number of hydrogen-bond donors (Lipinski definition) is 4. The molecule has 0 aliphatic carbocycles. The lowest BCUT2D eigenvalue weighted by atomic mass is 10.0. The summed E-state index contributed by atoms with van der Waals surface area (Å²) in [4.78, 5) is 22.4. The minimum Gasteiger partial charge on any atom is -0.480 e. The summed E-state index contributed by atoms with van der Waals surface area (Å²) in [6.45, 7) is 5.56. The average Bonchev–Trinajstić information content (AvgIpc) is 2.84. The molecule has 0 aromatic heterocycles. The first-order chi connectivity index (χ1) is 8.99. The Morgan fingerprint density at radius 3 is 2.68 bits per heavy atom. The first kappa shape index (κ1) is 15.9. The second-order valence-electron chi connectivity index (χ2n) is 5.50. The van der Waals surface area contributed by atoms with Crippen molar-refractivity contribution in [3.05, 3.63) is 0 Å². The SMILES string of the molecule is CC(C)C[C@@H](NC[C@H]1CCCN1)C(=O)NCC(=O)O. The summed E-state index contributed by atoms with van der Waals surface area (Å²) in [6, 6.07) is 0.101. The Bertz CT molecular complexity index is 302. The molecule has 2 atom stereocenters. The van der Waals surface area contributed by atoms with Crippen LogP contribution in [-0.2, 0) is 9.59 Å². The number of amides is 1. The maximum Gasteiger partial charge on any atom is 0.322 e.